The monoisotopic (exact) mass is 172 g/mol. The van der Waals surface area contributed by atoms with E-state index in [4.69, 9.17) is 14.2 Å². The molecule has 0 bridgehead atoms. The van der Waals surface area contributed by atoms with E-state index in [-0.39, 0.29) is 18.3 Å². The molecular formula is C9H16O3. The lowest BCUT2D eigenvalue weighted by Crippen LogP contribution is -2.40. The van der Waals surface area contributed by atoms with E-state index in [1.807, 2.05) is 20.8 Å². The zero-order chi connectivity index (χ0) is 8.77. The summed E-state index contributed by atoms with van der Waals surface area (Å²) in [6.45, 7) is 6.75. The molecule has 2 aliphatic heterocycles. The highest BCUT2D eigenvalue weighted by Crippen LogP contribution is 2.34. The van der Waals surface area contributed by atoms with Crippen molar-refractivity contribution in [2.75, 3.05) is 6.61 Å². The Morgan fingerprint density at radius 3 is 2.67 bits per heavy atom. The Morgan fingerprint density at radius 1 is 1.25 bits per heavy atom. The van der Waals surface area contributed by atoms with Gasteiger partial charge >= 0.3 is 0 Å². The summed E-state index contributed by atoms with van der Waals surface area (Å²) in [5.41, 5.74) is 0. The summed E-state index contributed by atoms with van der Waals surface area (Å²) in [6.07, 6.45) is 1.50. The van der Waals surface area contributed by atoms with Gasteiger partial charge in [-0.3, -0.25) is 0 Å². The molecule has 3 atom stereocenters. The van der Waals surface area contributed by atoms with Gasteiger partial charge in [0.15, 0.2) is 5.79 Å². The first kappa shape index (κ1) is 8.48. The Hall–Kier alpha value is -0.120. The van der Waals surface area contributed by atoms with Crippen molar-refractivity contribution >= 4 is 0 Å². The second kappa shape index (κ2) is 2.69. The molecule has 0 N–H and O–H groups in total. The fraction of sp³-hybridized carbons (Fsp3) is 1.00. The highest BCUT2D eigenvalue weighted by atomic mass is 16.8. The highest BCUT2D eigenvalue weighted by Gasteiger charge is 2.45. The number of hydrogen-bond donors (Lipinski definition) is 0. The van der Waals surface area contributed by atoms with E-state index in [0.29, 0.717) is 0 Å². The van der Waals surface area contributed by atoms with Gasteiger partial charge < -0.3 is 14.2 Å². The van der Waals surface area contributed by atoms with Gasteiger partial charge in [-0.15, -0.1) is 0 Å². The minimum absolute atomic E-state index is 0.133. The van der Waals surface area contributed by atoms with Gasteiger partial charge in [-0.05, 0) is 27.2 Å². The Bertz CT molecular complexity index is 179. The first-order chi connectivity index (χ1) is 5.58. The number of fused-ring (bicyclic) bond motifs is 1. The van der Waals surface area contributed by atoms with Crippen LogP contribution in [0.25, 0.3) is 0 Å². The van der Waals surface area contributed by atoms with Crippen molar-refractivity contribution in [1.29, 1.82) is 0 Å². The Morgan fingerprint density at radius 2 is 2.00 bits per heavy atom. The molecule has 2 fully saturated rings. The van der Waals surface area contributed by atoms with Gasteiger partial charge in [0.2, 0.25) is 0 Å². The first-order valence-electron chi connectivity index (χ1n) is 4.56. The summed E-state index contributed by atoms with van der Waals surface area (Å²) in [7, 11) is 0. The molecule has 0 radical (unpaired) electrons. The van der Waals surface area contributed by atoms with Crippen LogP contribution in [0.15, 0.2) is 0 Å². The molecule has 0 amide bonds. The van der Waals surface area contributed by atoms with Crippen LogP contribution >= 0.6 is 0 Å². The number of hydrogen-bond acceptors (Lipinski definition) is 3. The maximum atomic E-state index is 5.72. The Labute approximate surface area is 73.0 Å². The van der Waals surface area contributed by atoms with E-state index in [1.165, 1.54) is 0 Å². The topological polar surface area (TPSA) is 27.7 Å². The van der Waals surface area contributed by atoms with E-state index >= 15 is 0 Å². The minimum atomic E-state index is -0.419. The van der Waals surface area contributed by atoms with Crippen molar-refractivity contribution in [2.45, 2.75) is 51.3 Å². The third-order valence-electron chi connectivity index (χ3n) is 2.47. The maximum Gasteiger partial charge on any atom is 0.163 e. The normalized spacial score (nSPS) is 45.8. The molecule has 0 spiro atoms. The molecule has 0 aromatic carbocycles. The van der Waals surface area contributed by atoms with Crippen LogP contribution in [0.4, 0.5) is 0 Å². The average molecular weight is 172 g/mol. The molecule has 0 aromatic rings. The molecule has 12 heavy (non-hydrogen) atoms. The minimum Gasteiger partial charge on any atom is -0.376 e. The SMILES string of the molecule is CC1OCC[C@H]2OC(C)(C)OC12. The fourth-order valence-corrected chi connectivity index (χ4v) is 1.95. The van der Waals surface area contributed by atoms with E-state index in [9.17, 15) is 0 Å². The van der Waals surface area contributed by atoms with E-state index in [0.717, 1.165) is 13.0 Å². The maximum absolute atomic E-state index is 5.72. The standard InChI is InChI=1S/C9H16O3/c1-6-8-7(4-5-10-6)11-9(2,3)12-8/h6-8H,4-5H2,1-3H3/t6?,7-,8?/m1/s1. The van der Waals surface area contributed by atoms with Crippen LogP contribution in [-0.2, 0) is 14.2 Å². The quantitative estimate of drug-likeness (QED) is 0.551. The first-order valence-corrected chi connectivity index (χ1v) is 4.56. The smallest absolute Gasteiger partial charge is 0.163 e. The van der Waals surface area contributed by atoms with Crippen LogP contribution < -0.4 is 0 Å². The van der Waals surface area contributed by atoms with Crippen LogP contribution in [0.3, 0.4) is 0 Å². The molecule has 3 nitrogen and oxygen atoms in total. The number of rotatable bonds is 0. The van der Waals surface area contributed by atoms with Crippen molar-refractivity contribution in [3.63, 3.8) is 0 Å². The molecular weight excluding hydrogens is 156 g/mol. The van der Waals surface area contributed by atoms with Gasteiger partial charge in [0.05, 0.1) is 12.2 Å². The molecule has 70 valence electrons. The van der Waals surface area contributed by atoms with Crippen LogP contribution in [-0.4, -0.2) is 30.7 Å². The zero-order valence-corrected chi connectivity index (χ0v) is 7.87. The Kier molecular flexibility index (Phi) is 1.90. The van der Waals surface area contributed by atoms with Crippen LogP contribution in [0.2, 0.25) is 0 Å². The number of ether oxygens (including phenoxy) is 3. The molecule has 2 aliphatic rings. The second-order valence-electron chi connectivity index (χ2n) is 4.00. The summed E-state index contributed by atoms with van der Waals surface area (Å²) in [6, 6.07) is 0. The van der Waals surface area contributed by atoms with E-state index in [1.54, 1.807) is 0 Å². The predicted octanol–water partition coefficient (Wildman–Crippen LogP) is 1.32. The van der Waals surface area contributed by atoms with E-state index < -0.39 is 5.79 Å². The predicted molar refractivity (Wildman–Crippen MR) is 43.9 cm³/mol. The van der Waals surface area contributed by atoms with Crippen LogP contribution in [0, 0.1) is 0 Å². The highest BCUT2D eigenvalue weighted by molar-refractivity contribution is 4.88. The van der Waals surface area contributed by atoms with Crippen molar-refractivity contribution in [3.8, 4) is 0 Å². The van der Waals surface area contributed by atoms with Crippen LogP contribution in [0.5, 0.6) is 0 Å². The average Bonchev–Trinajstić information content (AvgIpc) is 2.25. The zero-order valence-electron chi connectivity index (χ0n) is 7.87. The molecule has 2 unspecified atom stereocenters. The fourth-order valence-electron chi connectivity index (χ4n) is 1.95. The van der Waals surface area contributed by atoms with Crippen molar-refractivity contribution in [1.82, 2.24) is 0 Å². The van der Waals surface area contributed by atoms with E-state index in [2.05, 4.69) is 0 Å². The van der Waals surface area contributed by atoms with Crippen molar-refractivity contribution in [3.05, 3.63) is 0 Å². The third-order valence-corrected chi connectivity index (χ3v) is 2.47. The molecule has 0 aliphatic carbocycles. The molecule has 2 rings (SSSR count). The summed E-state index contributed by atoms with van der Waals surface area (Å²) < 4.78 is 16.9. The molecule has 0 aromatic heterocycles. The lowest BCUT2D eigenvalue weighted by atomic mass is 10.0. The van der Waals surface area contributed by atoms with Crippen LogP contribution in [0.1, 0.15) is 27.2 Å². The van der Waals surface area contributed by atoms with Gasteiger partial charge in [-0.2, -0.15) is 0 Å². The van der Waals surface area contributed by atoms with Crippen molar-refractivity contribution < 1.29 is 14.2 Å². The van der Waals surface area contributed by atoms with Crippen molar-refractivity contribution in [2.24, 2.45) is 0 Å². The largest absolute Gasteiger partial charge is 0.376 e. The lowest BCUT2D eigenvalue weighted by molar-refractivity contribution is -0.152. The molecule has 2 saturated heterocycles. The van der Waals surface area contributed by atoms with Gasteiger partial charge in [0, 0.05) is 6.61 Å². The molecule has 3 heteroatoms. The summed E-state index contributed by atoms with van der Waals surface area (Å²) in [5, 5.41) is 0. The Balaban J connectivity index is 2.09. The summed E-state index contributed by atoms with van der Waals surface area (Å²) >= 11 is 0. The lowest BCUT2D eigenvalue weighted by Gasteiger charge is -2.28. The van der Waals surface area contributed by atoms with Gasteiger partial charge in [0.25, 0.3) is 0 Å². The third kappa shape index (κ3) is 1.37. The van der Waals surface area contributed by atoms with Gasteiger partial charge in [0.1, 0.15) is 6.10 Å². The second-order valence-corrected chi connectivity index (χ2v) is 4.00. The molecule has 2 heterocycles. The van der Waals surface area contributed by atoms with Gasteiger partial charge in [-0.25, -0.2) is 0 Å². The molecule has 0 saturated carbocycles. The van der Waals surface area contributed by atoms with Gasteiger partial charge in [-0.1, -0.05) is 0 Å². The summed E-state index contributed by atoms with van der Waals surface area (Å²) in [5.74, 6) is -0.419. The summed E-state index contributed by atoms with van der Waals surface area (Å²) in [4.78, 5) is 0.